The van der Waals surface area contributed by atoms with Crippen LogP contribution >= 0.6 is 11.3 Å². The minimum Gasteiger partial charge on any atom is -0.375 e. The van der Waals surface area contributed by atoms with E-state index in [1.165, 1.54) is 23.3 Å². The Labute approximate surface area is 123 Å². The highest BCUT2D eigenvalue weighted by molar-refractivity contribution is 7.15. The number of nitrogens with zero attached hydrogens (tertiary/aromatic N) is 2. The molecule has 1 N–H and O–H groups in total. The molecular weight excluding hydrogens is 278 g/mol. The number of aryl methyl sites for hydroxylation is 2. The highest BCUT2D eigenvalue weighted by atomic mass is 32.1. The van der Waals surface area contributed by atoms with Crippen LogP contribution in [0.2, 0.25) is 0 Å². The van der Waals surface area contributed by atoms with Gasteiger partial charge in [-0.3, -0.25) is 9.59 Å². The number of hydrogen-bond acceptors (Lipinski definition) is 5. The van der Waals surface area contributed by atoms with Crippen molar-refractivity contribution in [3.8, 4) is 0 Å². The smallest absolute Gasteiger partial charge is 0.249 e. The molecule has 0 fully saturated rings. The number of carbonyl (C=O) groups is 2. The maximum absolute atomic E-state index is 12.0. The summed E-state index contributed by atoms with van der Waals surface area (Å²) in [6.07, 6.45) is 0. The van der Waals surface area contributed by atoms with Crippen molar-refractivity contribution in [2.24, 2.45) is 0 Å². The molecule has 1 aromatic rings. The molecule has 0 saturated carbocycles. The molecule has 0 saturated heterocycles. The minimum absolute atomic E-state index is 0.00245. The van der Waals surface area contributed by atoms with Crippen LogP contribution in [0.4, 0.5) is 5.13 Å². The van der Waals surface area contributed by atoms with Crippen molar-refractivity contribution in [2.75, 3.05) is 25.6 Å². The fourth-order valence-electron chi connectivity index (χ4n) is 1.60. The van der Waals surface area contributed by atoms with Crippen molar-refractivity contribution >= 4 is 28.3 Å². The van der Waals surface area contributed by atoms with Gasteiger partial charge in [0.25, 0.3) is 0 Å². The van der Waals surface area contributed by atoms with Crippen LogP contribution in [0.15, 0.2) is 0 Å². The molecule has 2 amide bonds. The molecule has 0 aliphatic rings. The Kier molecular flexibility index (Phi) is 6.09. The van der Waals surface area contributed by atoms with Gasteiger partial charge in [-0.2, -0.15) is 0 Å². The predicted octanol–water partition coefficient (Wildman–Crippen LogP) is 1.58. The summed E-state index contributed by atoms with van der Waals surface area (Å²) in [5, 5.41) is 3.28. The highest BCUT2D eigenvalue weighted by Gasteiger charge is 2.20. The summed E-state index contributed by atoms with van der Waals surface area (Å²) in [7, 11) is 1.46. The van der Waals surface area contributed by atoms with E-state index in [1.807, 2.05) is 27.7 Å². The summed E-state index contributed by atoms with van der Waals surface area (Å²) in [4.78, 5) is 30.6. The number of ether oxygens (including phenoxy) is 1. The van der Waals surface area contributed by atoms with Gasteiger partial charge in [-0.05, 0) is 27.7 Å². The van der Waals surface area contributed by atoms with Crippen LogP contribution in [0.5, 0.6) is 0 Å². The van der Waals surface area contributed by atoms with E-state index in [1.54, 1.807) is 0 Å². The third kappa shape index (κ3) is 4.57. The number of nitrogens with one attached hydrogen (secondary N) is 1. The molecule has 0 bridgehead atoms. The van der Waals surface area contributed by atoms with Crippen LogP contribution in [-0.4, -0.2) is 48.0 Å². The van der Waals surface area contributed by atoms with Gasteiger partial charge >= 0.3 is 0 Å². The zero-order valence-electron chi connectivity index (χ0n) is 12.5. The fraction of sp³-hybridized carbons (Fsp3) is 0.615. The lowest BCUT2D eigenvalue weighted by Gasteiger charge is -2.25. The van der Waals surface area contributed by atoms with E-state index < -0.39 is 0 Å². The van der Waals surface area contributed by atoms with E-state index in [0.717, 1.165) is 10.6 Å². The van der Waals surface area contributed by atoms with Gasteiger partial charge < -0.3 is 15.0 Å². The highest BCUT2D eigenvalue weighted by Crippen LogP contribution is 2.20. The number of thiazole rings is 1. The average Bonchev–Trinajstić information content (AvgIpc) is 2.65. The number of hydrogen-bond donors (Lipinski definition) is 1. The molecule has 0 radical (unpaired) electrons. The first-order valence-electron chi connectivity index (χ1n) is 6.37. The van der Waals surface area contributed by atoms with E-state index in [9.17, 15) is 9.59 Å². The largest absolute Gasteiger partial charge is 0.375 e. The number of anilines is 1. The topological polar surface area (TPSA) is 71.5 Å². The van der Waals surface area contributed by atoms with E-state index in [4.69, 9.17) is 4.74 Å². The third-order valence-corrected chi connectivity index (χ3v) is 3.79. The zero-order chi connectivity index (χ0) is 15.3. The maximum Gasteiger partial charge on any atom is 0.249 e. The molecule has 20 heavy (non-hydrogen) atoms. The molecule has 1 heterocycles. The molecule has 7 heteroatoms. The van der Waals surface area contributed by atoms with Crippen molar-refractivity contribution in [3.05, 3.63) is 10.6 Å². The number of amides is 2. The van der Waals surface area contributed by atoms with Crippen LogP contribution in [0, 0.1) is 13.8 Å². The van der Waals surface area contributed by atoms with E-state index in [0.29, 0.717) is 5.13 Å². The van der Waals surface area contributed by atoms with Gasteiger partial charge in [0.2, 0.25) is 11.8 Å². The van der Waals surface area contributed by atoms with Gasteiger partial charge in [0, 0.05) is 18.0 Å². The number of rotatable bonds is 6. The quantitative estimate of drug-likeness (QED) is 0.865. The molecular formula is C13H21N3O3S. The van der Waals surface area contributed by atoms with E-state index in [-0.39, 0.29) is 31.0 Å². The normalized spacial score (nSPS) is 10.7. The molecule has 0 atom stereocenters. The summed E-state index contributed by atoms with van der Waals surface area (Å²) in [5.74, 6) is -0.457. The van der Waals surface area contributed by atoms with Crippen LogP contribution in [0.1, 0.15) is 24.4 Å². The summed E-state index contributed by atoms with van der Waals surface area (Å²) in [6.45, 7) is 7.53. The first-order chi connectivity index (χ1) is 9.35. The Hall–Kier alpha value is -1.47. The summed E-state index contributed by atoms with van der Waals surface area (Å²) in [5.41, 5.74) is 0.904. The molecule has 0 spiro atoms. The number of carbonyl (C=O) groups excluding carboxylic acids is 2. The second kappa shape index (κ2) is 7.35. The Morgan fingerprint density at radius 2 is 2.05 bits per heavy atom. The lowest BCUT2D eigenvalue weighted by atomic mass is 10.3. The average molecular weight is 299 g/mol. The van der Waals surface area contributed by atoms with Gasteiger partial charge in [0.1, 0.15) is 13.2 Å². The van der Waals surface area contributed by atoms with E-state index in [2.05, 4.69) is 10.3 Å². The Morgan fingerprint density at radius 1 is 1.40 bits per heavy atom. The van der Waals surface area contributed by atoms with E-state index >= 15 is 0 Å². The van der Waals surface area contributed by atoms with Crippen LogP contribution in [0.3, 0.4) is 0 Å². The molecule has 112 valence electrons. The van der Waals surface area contributed by atoms with Gasteiger partial charge in [-0.25, -0.2) is 4.98 Å². The van der Waals surface area contributed by atoms with Crippen LogP contribution < -0.4 is 5.32 Å². The second-order valence-electron chi connectivity index (χ2n) is 4.76. The number of methoxy groups -OCH3 is 1. The summed E-state index contributed by atoms with van der Waals surface area (Å²) < 4.78 is 4.82. The summed E-state index contributed by atoms with van der Waals surface area (Å²) in [6, 6.07) is -0.0665. The SMILES string of the molecule is COCC(=O)N(CC(=O)Nc1nc(C)c(C)s1)C(C)C. The molecule has 0 aliphatic carbocycles. The van der Waals surface area contributed by atoms with Crippen molar-refractivity contribution in [2.45, 2.75) is 33.7 Å². The van der Waals surface area contributed by atoms with Crippen LogP contribution in [-0.2, 0) is 14.3 Å². The molecule has 1 aromatic heterocycles. The molecule has 0 aliphatic heterocycles. The van der Waals surface area contributed by atoms with Crippen molar-refractivity contribution in [3.63, 3.8) is 0 Å². The van der Waals surface area contributed by atoms with Gasteiger partial charge in [0.05, 0.1) is 5.69 Å². The first kappa shape index (κ1) is 16.6. The lowest BCUT2D eigenvalue weighted by Crippen LogP contribution is -2.44. The standard InChI is InChI=1S/C13H21N3O3S/c1-8(2)16(12(18)7-19-5)6-11(17)15-13-14-9(3)10(4)20-13/h8H,6-7H2,1-5H3,(H,14,15,17). The Balaban J connectivity index is 2.64. The summed E-state index contributed by atoms with van der Waals surface area (Å²) >= 11 is 1.43. The minimum atomic E-state index is -0.253. The zero-order valence-corrected chi connectivity index (χ0v) is 13.3. The molecule has 1 rings (SSSR count). The van der Waals surface area contributed by atoms with Crippen molar-refractivity contribution in [1.82, 2.24) is 9.88 Å². The molecule has 0 aromatic carbocycles. The third-order valence-electron chi connectivity index (χ3n) is 2.80. The fourth-order valence-corrected chi connectivity index (χ4v) is 2.44. The van der Waals surface area contributed by atoms with Crippen molar-refractivity contribution < 1.29 is 14.3 Å². The molecule has 0 unspecified atom stereocenters. The van der Waals surface area contributed by atoms with Crippen LogP contribution in [0.25, 0.3) is 0 Å². The maximum atomic E-state index is 12.0. The second-order valence-corrected chi connectivity index (χ2v) is 5.96. The number of aromatic nitrogens is 1. The van der Waals surface area contributed by atoms with Gasteiger partial charge in [-0.1, -0.05) is 0 Å². The molecule has 6 nitrogen and oxygen atoms in total. The first-order valence-corrected chi connectivity index (χ1v) is 7.19. The Morgan fingerprint density at radius 3 is 2.50 bits per heavy atom. The van der Waals surface area contributed by atoms with Crippen molar-refractivity contribution in [1.29, 1.82) is 0 Å². The van der Waals surface area contributed by atoms with Gasteiger partial charge in [-0.15, -0.1) is 11.3 Å². The monoisotopic (exact) mass is 299 g/mol. The lowest BCUT2D eigenvalue weighted by molar-refractivity contribution is -0.139. The predicted molar refractivity (Wildman–Crippen MR) is 78.9 cm³/mol. The van der Waals surface area contributed by atoms with Gasteiger partial charge in [0.15, 0.2) is 5.13 Å². The Bertz CT molecular complexity index is 466.